The molecular formula is C14H26N2O3. The standard InChI is InChI=1S/C14H26N2O3/c1-8-9-16(14(5,6)7)12(19)15-10(11(17)18)13(2,3)4/h8,10H,1,9H2,2-7H3,(H,15,19)(H,17,18)/t10-/m1/s1. The van der Waals surface area contributed by atoms with Crippen molar-refractivity contribution < 1.29 is 14.7 Å². The minimum atomic E-state index is -1.03. The van der Waals surface area contributed by atoms with Gasteiger partial charge in [-0.05, 0) is 26.2 Å². The van der Waals surface area contributed by atoms with Gasteiger partial charge >= 0.3 is 12.0 Å². The lowest BCUT2D eigenvalue weighted by Gasteiger charge is -2.37. The summed E-state index contributed by atoms with van der Waals surface area (Å²) in [7, 11) is 0. The first kappa shape index (κ1) is 17.5. The molecule has 0 saturated carbocycles. The molecule has 0 aromatic rings. The summed E-state index contributed by atoms with van der Waals surface area (Å²) in [6.45, 7) is 15.0. The lowest BCUT2D eigenvalue weighted by Crippen LogP contribution is -2.57. The van der Waals surface area contributed by atoms with Crippen molar-refractivity contribution in [1.82, 2.24) is 10.2 Å². The monoisotopic (exact) mass is 270 g/mol. The molecule has 19 heavy (non-hydrogen) atoms. The third-order valence-electron chi connectivity index (χ3n) is 2.75. The lowest BCUT2D eigenvalue weighted by atomic mass is 9.87. The largest absolute Gasteiger partial charge is 0.480 e. The SMILES string of the molecule is C=CCN(C(=O)N[C@H](C(=O)O)C(C)(C)C)C(C)(C)C. The normalized spacial score (nSPS) is 13.6. The van der Waals surface area contributed by atoms with Crippen LogP contribution in [0.3, 0.4) is 0 Å². The second-order valence-corrected chi connectivity index (χ2v) is 6.66. The zero-order chi connectivity index (χ0) is 15.4. The van der Waals surface area contributed by atoms with Crippen LogP contribution in [0.5, 0.6) is 0 Å². The Bertz CT molecular complexity index is 351. The summed E-state index contributed by atoms with van der Waals surface area (Å²) >= 11 is 0. The molecule has 0 unspecified atom stereocenters. The topological polar surface area (TPSA) is 69.6 Å². The maximum absolute atomic E-state index is 12.2. The van der Waals surface area contributed by atoms with Crippen molar-refractivity contribution in [3.63, 3.8) is 0 Å². The van der Waals surface area contributed by atoms with Crippen LogP contribution in [0.15, 0.2) is 12.7 Å². The highest BCUT2D eigenvalue weighted by molar-refractivity contribution is 5.83. The molecule has 110 valence electrons. The molecule has 0 aromatic heterocycles. The molecule has 0 aromatic carbocycles. The molecule has 0 rings (SSSR count). The van der Waals surface area contributed by atoms with Crippen molar-refractivity contribution >= 4 is 12.0 Å². The van der Waals surface area contributed by atoms with E-state index in [2.05, 4.69) is 11.9 Å². The van der Waals surface area contributed by atoms with Crippen LogP contribution in [0.2, 0.25) is 0 Å². The van der Waals surface area contributed by atoms with Gasteiger partial charge in [-0.15, -0.1) is 6.58 Å². The van der Waals surface area contributed by atoms with Crippen molar-refractivity contribution in [2.45, 2.75) is 53.1 Å². The van der Waals surface area contributed by atoms with Gasteiger partial charge < -0.3 is 15.3 Å². The number of aliphatic carboxylic acids is 1. The second-order valence-electron chi connectivity index (χ2n) is 6.66. The van der Waals surface area contributed by atoms with E-state index in [0.717, 1.165) is 0 Å². The highest BCUT2D eigenvalue weighted by atomic mass is 16.4. The number of hydrogen-bond acceptors (Lipinski definition) is 2. The molecule has 0 heterocycles. The Balaban J connectivity index is 5.08. The molecule has 2 amide bonds. The average Bonchev–Trinajstić information content (AvgIpc) is 2.18. The van der Waals surface area contributed by atoms with Crippen LogP contribution in [0, 0.1) is 5.41 Å². The third-order valence-corrected chi connectivity index (χ3v) is 2.75. The fourth-order valence-corrected chi connectivity index (χ4v) is 1.64. The van der Waals surface area contributed by atoms with E-state index in [1.165, 1.54) is 0 Å². The lowest BCUT2D eigenvalue weighted by molar-refractivity contribution is -0.142. The number of urea groups is 1. The number of nitrogens with zero attached hydrogens (tertiary/aromatic N) is 1. The minimum Gasteiger partial charge on any atom is -0.480 e. The van der Waals surface area contributed by atoms with E-state index >= 15 is 0 Å². The highest BCUT2D eigenvalue weighted by Crippen LogP contribution is 2.21. The summed E-state index contributed by atoms with van der Waals surface area (Å²) < 4.78 is 0. The predicted molar refractivity (Wildman–Crippen MR) is 76.1 cm³/mol. The molecule has 0 radical (unpaired) electrons. The number of amides is 2. The summed E-state index contributed by atoms with van der Waals surface area (Å²) in [5, 5.41) is 11.8. The number of rotatable bonds is 4. The average molecular weight is 270 g/mol. The van der Waals surface area contributed by atoms with Crippen LogP contribution in [-0.2, 0) is 4.79 Å². The molecular weight excluding hydrogens is 244 g/mol. The molecule has 0 aliphatic carbocycles. The quantitative estimate of drug-likeness (QED) is 0.771. The molecule has 0 fully saturated rings. The summed E-state index contributed by atoms with van der Waals surface area (Å²) in [5.74, 6) is -1.03. The summed E-state index contributed by atoms with van der Waals surface area (Å²) in [6.07, 6.45) is 1.62. The van der Waals surface area contributed by atoms with Crippen molar-refractivity contribution in [1.29, 1.82) is 0 Å². The Labute approximate surface area is 115 Å². The Morgan fingerprint density at radius 1 is 1.26 bits per heavy atom. The van der Waals surface area contributed by atoms with E-state index in [4.69, 9.17) is 0 Å². The number of carbonyl (C=O) groups excluding carboxylic acids is 1. The first-order valence-corrected chi connectivity index (χ1v) is 6.33. The number of carboxylic acid groups (broad SMARTS) is 1. The van der Waals surface area contributed by atoms with Crippen LogP contribution in [-0.4, -0.2) is 40.1 Å². The molecule has 1 atom stereocenters. The molecule has 2 N–H and O–H groups in total. The smallest absolute Gasteiger partial charge is 0.326 e. The third kappa shape index (κ3) is 5.32. The fraction of sp³-hybridized carbons (Fsp3) is 0.714. The van der Waals surface area contributed by atoms with E-state index in [1.807, 2.05) is 20.8 Å². The van der Waals surface area contributed by atoms with E-state index in [1.54, 1.807) is 31.7 Å². The zero-order valence-electron chi connectivity index (χ0n) is 12.8. The maximum Gasteiger partial charge on any atom is 0.326 e. The van der Waals surface area contributed by atoms with Crippen LogP contribution in [0.1, 0.15) is 41.5 Å². The predicted octanol–water partition coefficient (Wildman–Crippen LogP) is 2.48. The van der Waals surface area contributed by atoms with Crippen LogP contribution in [0.4, 0.5) is 4.79 Å². The Hall–Kier alpha value is -1.52. The summed E-state index contributed by atoms with van der Waals surface area (Å²) in [6, 6.07) is -1.33. The van der Waals surface area contributed by atoms with Gasteiger partial charge in [-0.3, -0.25) is 0 Å². The molecule has 0 bridgehead atoms. The van der Waals surface area contributed by atoms with E-state index in [0.29, 0.717) is 6.54 Å². The molecule has 5 heteroatoms. The van der Waals surface area contributed by atoms with Gasteiger partial charge in [-0.1, -0.05) is 26.8 Å². The Kier molecular flexibility index (Phi) is 5.60. The number of carboxylic acids is 1. The van der Waals surface area contributed by atoms with Gasteiger partial charge in [0.05, 0.1) is 0 Å². The van der Waals surface area contributed by atoms with Gasteiger partial charge in [0, 0.05) is 12.1 Å². The maximum atomic E-state index is 12.2. The van der Waals surface area contributed by atoms with Gasteiger partial charge in [0.25, 0.3) is 0 Å². The molecule has 0 saturated heterocycles. The van der Waals surface area contributed by atoms with Crippen molar-refractivity contribution in [2.24, 2.45) is 5.41 Å². The van der Waals surface area contributed by atoms with Crippen molar-refractivity contribution in [3.8, 4) is 0 Å². The zero-order valence-corrected chi connectivity index (χ0v) is 12.8. The number of carbonyl (C=O) groups is 2. The van der Waals surface area contributed by atoms with Crippen molar-refractivity contribution in [3.05, 3.63) is 12.7 Å². The van der Waals surface area contributed by atoms with Crippen LogP contribution < -0.4 is 5.32 Å². The Morgan fingerprint density at radius 2 is 1.74 bits per heavy atom. The minimum absolute atomic E-state index is 0.367. The van der Waals surface area contributed by atoms with Crippen LogP contribution in [0.25, 0.3) is 0 Å². The van der Waals surface area contributed by atoms with E-state index in [-0.39, 0.29) is 0 Å². The van der Waals surface area contributed by atoms with Crippen LogP contribution >= 0.6 is 0 Å². The van der Waals surface area contributed by atoms with Gasteiger partial charge in [0.15, 0.2) is 0 Å². The highest BCUT2D eigenvalue weighted by Gasteiger charge is 2.35. The van der Waals surface area contributed by atoms with E-state index < -0.39 is 29.0 Å². The van der Waals surface area contributed by atoms with Gasteiger partial charge in [-0.2, -0.15) is 0 Å². The molecule has 0 spiro atoms. The first-order chi connectivity index (χ1) is 8.41. The summed E-state index contributed by atoms with van der Waals surface area (Å²) in [4.78, 5) is 25.1. The van der Waals surface area contributed by atoms with Crippen molar-refractivity contribution in [2.75, 3.05) is 6.54 Å². The summed E-state index contributed by atoms with van der Waals surface area (Å²) in [5.41, 5.74) is -0.960. The molecule has 0 aliphatic heterocycles. The Morgan fingerprint density at radius 3 is 2.00 bits per heavy atom. The van der Waals surface area contributed by atoms with E-state index in [9.17, 15) is 14.7 Å². The fourth-order valence-electron chi connectivity index (χ4n) is 1.64. The van der Waals surface area contributed by atoms with Gasteiger partial charge in [-0.25, -0.2) is 9.59 Å². The number of nitrogens with one attached hydrogen (secondary N) is 1. The van der Waals surface area contributed by atoms with Gasteiger partial charge in [0.2, 0.25) is 0 Å². The first-order valence-electron chi connectivity index (χ1n) is 6.33. The number of hydrogen-bond donors (Lipinski definition) is 2. The molecule has 0 aliphatic rings. The second kappa shape index (κ2) is 6.08. The van der Waals surface area contributed by atoms with Gasteiger partial charge in [0.1, 0.15) is 6.04 Å². The molecule has 5 nitrogen and oxygen atoms in total.